The molecular formula is C18H14ClFN2O2S. The lowest BCUT2D eigenvalue weighted by molar-refractivity contribution is -0.120. The second-order valence-electron chi connectivity index (χ2n) is 5.13. The Kier molecular flexibility index (Phi) is 5.63. The molecular weight excluding hydrogens is 363 g/mol. The van der Waals surface area contributed by atoms with Crippen LogP contribution in [0.5, 0.6) is 5.75 Å². The first-order chi connectivity index (χ1) is 12.1. The van der Waals surface area contributed by atoms with Crippen molar-refractivity contribution in [2.24, 2.45) is 4.99 Å². The molecule has 3 aromatic rings. The molecule has 0 bridgehead atoms. The number of halogens is 2. The molecule has 25 heavy (non-hydrogen) atoms. The Morgan fingerprint density at radius 2 is 1.96 bits per heavy atom. The molecule has 1 amide bonds. The van der Waals surface area contributed by atoms with Crippen LogP contribution in [0.3, 0.4) is 0 Å². The normalized spacial score (nSPS) is 11.5. The molecule has 0 N–H and O–H groups in total. The highest BCUT2D eigenvalue weighted by Gasteiger charge is 2.07. The summed E-state index contributed by atoms with van der Waals surface area (Å²) in [5, 5.41) is 2.49. The maximum atomic E-state index is 13.5. The summed E-state index contributed by atoms with van der Waals surface area (Å²) in [4.78, 5) is 16.6. The lowest BCUT2D eigenvalue weighted by atomic mass is 10.2. The van der Waals surface area contributed by atoms with Gasteiger partial charge in [-0.05, 0) is 23.8 Å². The maximum Gasteiger partial charge on any atom is 0.286 e. The number of hydrogen-bond donors (Lipinski definition) is 0. The molecule has 0 spiro atoms. The van der Waals surface area contributed by atoms with E-state index in [-0.39, 0.29) is 12.4 Å². The van der Waals surface area contributed by atoms with E-state index < -0.39 is 11.7 Å². The largest absolute Gasteiger partial charge is 0.481 e. The Hall–Kier alpha value is -2.44. The van der Waals surface area contributed by atoms with E-state index in [0.29, 0.717) is 16.4 Å². The predicted molar refractivity (Wildman–Crippen MR) is 95.3 cm³/mol. The molecule has 1 aromatic heterocycles. The third kappa shape index (κ3) is 4.55. The number of ether oxygens (including phenoxy) is 1. The van der Waals surface area contributed by atoms with Crippen LogP contribution in [-0.2, 0) is 11.3 Å². The monoisotopic (exact) mass is 376 g/mol. The van der Waals surface area contributed by atoms with Gasteiger partial charge in [0.05, 0.1) is 6.54 Å². The van der Waals surface area contributed by atoms with Crippen LogP contribution in [-0.4, -0.2) is 17.1 Å². The van der Waals surface area contributed by atoms with Crippen molar-refractivity contribution in [1.82, 2.24) is 4.57 Å². The van der Waals surface area contributed by atoms with Crippen molar-refractivity contribution >= 4 is 28.8 Å². The number of aromatic nitrogens is 1. The van der Waals surface area contributed by atoms with Gasteiger partial charge in [-0.15, -0.1) is 11.3 Å². The number of thiazole rings is 1. The number of benzene rings is 2. The Morgan fingerprint density at radius 1 is 1.20 bits per heavy atom. The summed E-state index contributed by atoms with van der Waals surface area (Å²) in [5.74, 6) is -0.972. The van der Waals surface area contributed by atoms with Crippen molar-refractivity contribution in [2.45, 2.75) is 6.54 Å². The minimum absolute atomic E-state index is 0.0289. The zero-order chi connectivity index (χ0) is 17.6. The molecule has 0 atom stereocenters. The molecule has 128 valence electrons. The average molecular weight is 377 g/mol. The highest BCUT2D eigenvalue weighted by molar-refractivity contribution is 7.07. The van der Waals surface area contributed by atoms with Gasteiger partial charge in [0.25, 0.3) is 5.91 Å². The standard InChI is InChI=1S/C18H14ClFN2O2S/c19-14-6-2-1-5-13(14)11-22-9-10-25-18(22)21-17(23)12-24-16-8-4-3-7-15(16)20/h1-10H,11-12H2. The van der Waals surface area contributed by atoms with Gasteiger partial charge in [-0.25, -0.2) is 4.39 Å². The van der Waals surface area contributed by atoms with Crippen molar-refractivity contribution in [3.05, 3.63) is 81.3 Å². The smallest absolute Gasteiger partial charge is 0.286 e. The molecule has 4 nitrogen and oxygen atoms in total. The van der Waals surface area contributed by atoms with Gasteiger partial charge < -0.3 is 9.30 Å². The molecule has 0 aliphatic heterocycles. The van der Waals surface area contributed by atoms with Gasteiger partial charge in [-0.3, -0.25) is 4.79 Å². The Labute approximate surface area is 152 Å². The lowest BCUT2D eigenvalue weighted by Gasteiger charge is -2.06. The molecule has 0 unspecified atom stereocenters. The van der Waals surface area contributed by atoms with Gasteiger partial charge in [0, 0.05) is 16.6 Å². The molecule has 0 aliphatic rings. The highest BCUT2D eigenvalue weighted by Crippen LogP contribution is 2.16. The van der Waals surface area contributed by atoms with Crippen LogP contribution >= 0.6 is 22.9 Å². The molecule has 2 aromatic carbocycles. The summed E-state index contributed by atoms with van der Waals surface area (Å²) < 4.78 is 20.5. The highest BCUT2D eigenvalue weighted by atomic mass is 35.5. The van der Waals surface area contributed by atoms with Gasteiger partial charge in [0.1, 0.15) is 0 Å². The number of nitrogens with zero attached hydrogens (tertiary/aromatic N) is 2. The van der Waals surface area contributed by atoms with Crippen LogP contribution in [0.25, 0.3) is 0 Å². The zero-order valence-electron chi connectivity index (χ0n) is 13.1. The number of amides is 1. The minimum atomic E-state index is -0.514. The zero-order valence-corrected chi connectivity index (χ0v) is 14.6. The summed E-state index contributed by atoms with van der Waals surface area (Å²) in [7, 11) is 0. The van der Waals surface area contributed by atoms with Crippen molar-refractivity contribution in [1.29, 1.82) is 0 Å². The van der Waals surface area contributed by atoms with Crippen molar-refractivity contribution in [2.75, 3.05) is 6.61 Å². The topological polar surface area (TPSA) is 43.6 Å². The SMILES string of the molecule is O=C(COc1ccccc1F)N=c1sccn1Cc1ccccc1Cl. The molecule has 3 rings (SSSR count). The van der Waals surface area contributed by atoms with E-state index in [1.54, 1.807) is 12.1 Å². The van der Waals surface area contributed by atoms with Crippen LogP contribution in [0.1, 0.15) is 5.56 Å². The molecule has 0 fully saturated rings. The van der Waals surface area contributed by atoms with E-state index in [1.807, 2.05) is 40.4 Å². The van der Waals surface area contributed by atoms with Crippen molar-refractivity contribution in [3.8, 4) is 5.75 Å². The summed E-state index contributed by atoms with van der Waals surface area (Å²) in [6.45, 7) is 0.175. The van der Waals surface area contributed by atoms with Gasteiger partial charge >= 0.3 is 0 Å². The maximum absolute atomic E-state index is 13.5. The minimum Gasteiger partial charge on any atom is -0.481 e. The number of rotatable bonds is 5. The summed E-state index contributed by atoms with van der Waals surface area (Å²) in [6, 6.07) is 13.4. The van der Waals surface area contributed by atoms with Gasteiger partial charge in [0.2, 0.25) is 0 Å². The summed E-state index contributed by atoms with van der Waals surface area (Å²) >= 11 is 7.50. The third-order valence-corrected chi connectivity index (χ3v) is 4.53. The Balaban J connectivity index is 1.72. The van der Waals surface area contributed by atoms with Gasteiger partial charge in [-0.1, -0.05) is 41.9 Å². The van der Waals surface area contributed by atoms with E-state index >= 15 is 0 Å². The summed E-state index contributed by atoms with van der Waals surface area (Å²) in [5.41, 5.74) is 0.930. The van der Waals surface area contributed by atoms with Crippen LogP contribution in [0.2, 0.25) is 5.02 Å². The van der Waals surface area contributed by atoms with E-state index in [1.165, 1.54) is 23.5 Å². The molecule has 7 heteroatoms. The molecule has 0 saturated heterocycles. The number of hydrogen-bond acceptors (Lipinski definition) is 3. The van der Waals surface area contributed by atoms with Gasteiger partial charge in [-0.2, -0.15) is 4.99 Å². The first kappa shape index (κ1) is 17.4. The first-order valence-corrected chi connectivity index (χ1v) is 8.71. The molecule has 0 saturated carbocycles. The number of para-hydroxylation sites is 1. The fourth-order valence-electron chi connectivity index (χ4n) is 2.16. The first-order valence-electron chi connectivity index (χ1n) is 7.46. The molecule has 0 aliphatic carbocycles. The van der Waals surface area contributed by atoms with Crippen LogP contribution in [0.4, 0.5) is 4.39 Å². The Morgan fingerprint density at radius 3 is 2.76 bits per heavy atom. The quantitative estimate of drug-likeness (QED) is 0.678. The fourth-order valence-corrected chi connectivity index (χ4v) is 3.10. The fraction of sp³-hybridized carbons (Fsp3) is 0.111. The van der Waals surface area contributed by atoms with E-state index in [2.05, 4.69) is 4.99 Å². The predicted octanol–water partition coefficient (Wildman–Crippen LogP) is 3.90. The molecule has 0 radical (unpaired) electrons. The lowest BCUT2D eigenvalue weighted by Crippen LogP contribution is -2.19. The van der Waals surface area contributed by atoms with Crippen molar-refractivity contribution < 1.29 is 13.9 Å². The van der Waals surface area contributed by atoms with Gasteiger partial charge in [0.15, 0.2) is 23.0 Å². The second-order valence-corrected chi connectivity index (χ2v) is 6.41. The van der Waals surface area contributed by atoms with Crippen LogP contribution in [0.15, 0.2) is 65.1 Å². The van der Waals surface area contributed by atoms with E-state index in [9.17, 15) is 9.18 Å². The Bertz CT molecular complexity index is 952. The number of carbonyl (C=O) groups excluding carboxylic acids is 1. The number of carbonyl (C=O) groups is 1. The van der Waals surface area contributed by atoms with E-state index in [0.717, 1.165) is 5.56 Å². The van der Waals surface area contributed by atoms with E-state index in [4.69, 9.17) is 16.3 Å². The molecule has 1 heterocycles. The second kappa shape index (κ2) is 8.09. The average Bonchev–Trinajstić information content (AvgIpc) is 3.03. The third-order valence-electron chi connectivity index (χ3n) is 3.37. The van der Waals surface area contributed by atoms with Crippen molar-refractivity contribution in [3.63, 3.8) is 0 Å². The summed E-state index contributed by atoms with van der Waals surface area (Å²) in [6.07, 6.45) is 1.83. The van der Waals surface area contributed by atoms with Crippen LogP contribution in [0, 0.1) is 5.82 Å². The van der Waals surface area contributed by atoms with Crippen LogP contribution < -0.4 is 9.54 Å².